The van der Waals surface area contributed by atoms with Crippen LogP contribution in [0.15, 0.2) is 12.1 Å². The van der Waals surface area contributed by atoms with Crippen LogP contribution < -0.4 is 4.90 Å². The molecular formula is C12H14BrF2NO2S. The van der Waals surface area contributed by atoms with Gasteiger partial charge in [0.2, 0.25) is 0 Å². The summed E-state index contributed by atoms with van der Waals surface area (Å²) in [7, 11) is -1.55. The van der Waals surface area contributed by atoms with Crippen molar-refractivity contribution in [3.63, 3.8) is 0 Å². The van der Waals surface area contributed by atoms with Crippen molar-refractivity contribution in [3.05, 3.63) is 29.3 Å². The van der Waals surface area contributed by atoms with E-state index in [1.54, 1.807) is 0 Å². The highest BCUT2D eigenvalue weighted by Gasteiger charge is 2.32. The molecule has 0 bridgehead atoms. The lowest BCUT2D eigenvalue weighted by atomic mass is 10.1. The number of sulfone groups is 1. The Bertz CT molecular complexity index is 568. The fourth-order valence-electron chi connectivity index (χ4n) is 2.30. The molecule has 1 fully saturated rings. The minimum atomic E-state index is -3.08. The smallest absolute Gasteiger partial charge is 0.152 e. The molecule has 1 aliphatic heterocycles. The van der Waals surface area contributed by atoms with Crippen LogP contribution in [0.2, 0.25) is 0 Å². The van der Waals surface area contributed by atoms with Gasteiger partial charge in [-0.05, 0) is 24.1 Å². The average molecular weight is 354 g/mol. The Morgan fingerprint density at radius 3 is 2.37 bits per heavy atom. The van der Waals surface area contributed by atoms with E-state index in [4.69, 9.17) is 0 Å². The highest BCUT2D eigenvalue weighted by atomic mass is 79.9. The van der Waals surface area contributed by atoms with E-state index in [1.165, 1.54) is 24.1 Å². The molecule has 0 aliphatic carbocycles. The number of benzene rings is 1. The van der Waals surface area contributed by atoms with Gasteiger partial charge in [0.25, 0.3) is 0 Å². The number of anilines is 1. The highest BCUT2D eigenvalue weighted by molar-refractivity contribution is 9.08. The molecule has 1 heterocycles. The van der Waals surface area contributed by atoms with Crippen molar-refractivity contribution in [1.82, 2.24) is 0 Å². The Hall–Kier alpha value is -0.690. The van der Waals surface area contributed by atoms with Crippen LogP contribution in [0.4, 0.5) is 14.5 Å². The third kappa shape index (κ3) is 3.08. The summed E-state index contributed by atoms with van der Waals surface area (Å²) in [6.07, 6.45) is 0.401. The van der Waals surface area contributed by atoms with Crippen molar-refractivity contribution >= 4 is 31.5 Å². The molecule has 19 heavy (non-hydrogen) atoms. The molecule has 7 heteroatoms. The SMILES string of the molecule is CN(c1c(F)cc(CBr)cc1F)C1CCS(=O)(=O)C1. The van der Waals surface area contributed by atoms with Crippen molar-refractivity contribution < 1.29 is 17.2 Å². The first-order valence-electron chi connectivity index (χ1n) is 5.81. The molecule has 1 aromatic carbocycles. The summed E-state index contributed by atoms with van der Waals surface area (Å²) in [5, 5.41) is 0.364. The van der Waals surface area contributed by atoms with Crippen molar-refractivity contribution in [3.8, 4) is 0 Å². The van der Waals surface area contributed by atoms with Crippen LogP contribution in [0.3, 0.4) is 0 Å². The third-order valence-electron chi connectivity index (χ3n) is 3.34. The summed E-state index contributed by atoms with van der Waals surface area (Å²) in [5.41, 5.74) is 0.345. The Morgan fingerprint density at radius 2 is 1.95 bits per heavy atom. The fraction of sp³-hybridized carbons (Fsp3) is 0.500. The van der Waals surface area contributed by atoms with Gasteiger partial charge < -0.3 is 4.90 Å². The van der Waals surface area contributed by atoms with Crippen molar-refractivity contribution in [2.24, 2.45) is 0 Å². The number of nitrogens with zero attached hydrogens (tertiary/aromatic N) is 1. The van der Waals surface area contributed by atoms with Gasteiger partial charge >= 0.3 is 0 Å². The maximum absolute atomic E-state index is 13.9. The van der Waals surface area contributed by atoms with Gasteiger partial charge in [-0.1, -0.05) is 15.9 Å². The number of hydrogen-bond acceptors (Lipinski definition) is 3. The van der Waals surface area contributed by atoms with Crippen LogP contribution in [-0.2, 0) is 15.2 Å². The highest BCUT2D eigenvalue weighted by Crippen LogP contribution is 2.29. The van der Waals surface area contributed by atoms with E-state index in [1.807, 2.05) is 0 Å². The fourth-order valence-corrected chi connectivity index (χ4v) is 4.39. The molecule has 0 aromatic heterocycles. The average Bonchev–Trinajstić information content (AvgIpc) is 2.68. The summed E-state index contributed by atoms with van der Waals surface area (Å²) >= 11 is 3.14. The molecule has 0 saturated carbocycles. The van der Waals surface area contributed by atoms with Gasteiger partial charge in [0.05, 0.1) is 11.5 Å². The number of alkyl halides is 1. The molecule has 1 atom stereocenters. The van der Waals surface area contributed by atoms with Crippen LogP contribution in [0.1, 0.15) is 12.0 Å². The molecule has 1 aromatic rings. The van der Waals surface area contributed by atoms with E-state index in [0.29, 0.717) is 17.3 Å². The van der Waals surface area contributed by atoms with Gasteiger partial charge in [-0.15, -0.1) is 0 Å². The molecule has 106 valence electrons. The van der Waals surface area contributed by atoms with E-state index in [0.717, 1.165) is 0 Å². The van der Waals surface area contributed by atoms with Crippen LogP contribution in [0.25, 0.3) is 0 Å². The van der Waals surface area contributed by atoms with Gasteiger partial charge in [0.15, 0.2) is 9.84 Å². The minimum Gasteiger partial charge on any atom is -0.366 e. The number of rotatable bonds is 3. The zero-order valence-electron chi connectivity index (χ0n) is 10.4. The third-order valence-corrected chi connectivity index (χ3v) is 5.74. The summed E-state index contributed by atoms with van der Waals surface area (Å²) in [4.78, 5) is 1.40. The first kappa shape index (κ1) is 14.7. The number of hydrogen-bond donors (Lipinski definition) is 0. The van der Waals surface area contributed by atoms with Crippen molar-refractivity contribution in [2.45, 2.75) is 17.8 Å². The molecule has 1 saturated heterocycles. The molecule has 0 radical (unpaired) electrons. The summed E-state index contributed by atoms with van der Waals surface area (Å²) in [6, 6.07) is 2.14. The largest absolute Gasteiger partial charge is 0.366 e. The molecule has 0 N–H and O–H groups in total. The van der Waals surface area contributed by atoms with Gasteiger partial charge in [0.1, 0.15) is 17.3 Å². The van der Waals surface area contributed by atoms with Crippen LogP contribution in [-0.4, -0.2) is 33.0 Å². The maximum Gasteiger partial charge on any atom is 0.152 e. The van der Waals surface area contributed by atoms with E-state index < -0.39 is 21.5 Å². The van der Waals surface area contributed by atoms with Gasteiger partial charge in [0, 0.05) is 18.4 Å². The lowest BCUT2D eigenvalue weighted by molar-refractivity contribution is 0.560. The predicted molar refractivity (Wildman–Crippen MR) is 74.5 cm³/mol. The Labute approximate surface area is 119 Å². The van der Waals surface area contributed by atoms with Crippen molar-refractivity contribution in [1.29, 1.82) is 0 Å². The first-order chi connectivity index (χ1) is 8.84. The van der Waals surface area contributed by atoms with Crippen LogP contribution in [0.5, 0.6) is 0 Å². The van der Waals surface area contributed by atoms with Crippen LogP contribution in [0, 0.1) is 11.6 Å². The minimum absolute atomic E-state index is 0.0530. The summed E-state index contributed by atoms with van der Waals surface area (Å²) < 4.78 is 50.7. The standard InChI is InChI=1S/C12H14BrF2NO2S/c1-16(9-2-3-19(17,18)7-9)12-10(14)4-8(6-13)5-11(12)15/h4-5,9H,2-3,6-7H2,1H3. The monoisotopic (exact) mass is 353 g/mol. The topological polar surface area (TPSA) is 37.4 Å². The molecule has 0 spiro atoms. The Balaban J connectivity index is 2.32. The van der Waals surface area contributed by atoms with E-state index in [2.05, 4.69) is 15.9 Å². The summed E-state index contributed by atoms with van der Waals surface area (Å²) in [6.45, 7) is 0. The first-order valence-corrected chi connectivity index (χ1v) is 8.75. The molecular weight excluding hydrogens is 340 g/mol. The second-order valence-corrected chi connectivity index (χ2v) is 7.50. The van der Waals surface area contributed by atoms with Crippen LogP contribution >= 0.6 is 15.9 Å². The molecule has 1 unspecified atom stereocenters. The van der Waals surface area contributed by atoms with Gasteiger partial charge in [-0.3, -0.25) is 0 Å². The van der Waals surface area contributed by atoms with Crippen molar-refractivity contribution in [2.75, 3.05) is 23.5 Å². The predicted octanol–water partition coefficient (Wildman–Crippen LogP) is 2.48. The van der Waals surface area contributed by atoms with E-state index in [9.17, 15) is 17.2 Å². The number of halogens is 3. The maximum atomic E-state index is 13.9. The van der Waals surface area contributed by atoms with E-state index >= 15 is 0 Å². The van der Waals surface area contributed by atoms with Gasteiger partial charge in [-0.2, -0.15) is 0 Å². The Kier molecular flexibility index (Phi) is 4.15. The zero-order valence-corrected chi connectivity index (χ0v) is 12.8. The van der Waals surface area contributed by atoms with E-state index in [-0.39, 0.29) is 23.2 Å². The zero-order chi connectivity index (χ0) is 14.2. The molecule has 2 rings (SSSR count). The Morgan fingerprint density at radius 1 is 1.37 bits per heavy atom. The molecule has 0 amide bonds. The summed E-state index contributed by atoms with van der Waals surface area (Å²) in [5.74, 6) is -1.31. The lowest BCUT2D eigenvalue weighted by Crippen LogP contribution is -2.34. The second kappa shape index (κ2) is 5.36. The van der Waals surface area contributed by atoms with Gasteiger partial charge in [-0.25, -0.2) is 17.2 Å². The molecule has 1 aliphatic rings. The quantitative estimate of drug-likeness (QED) is 0.783. The molecule has 3 nitrogen and oxygen atoms in total. The normalized spacial score (nSPS) is 21.6. The lowest BCUT2D eigenvalue weighted by Gasteiger charge is -2.26. The second-order valence-electron chi connectivity index (χ2n) is 4.71.